The van der Waals surface area contributed by atoms with E-state index in [2.05, 4.69) is 4.98 Å². The Kier molecular flexibility index (Phi) is 5.33. The Labute approximate surface area is 136 Å². The van der Waals surface area contributed by atoms with Gasteiger partial charge in [0.15, 0.2) is 0 Å². The van der Waals surface area contributed by atoms with E-state index >= 15 is 0 Å². The van der Waals surface area contributed by atoms with Gasteiger partial charge in [0, 0.05) is 4.90 Å². The summed E-state index contributed by atoms with van der Waals surface area (Å²) in [6.45, 7) is 2.02. The maximum atomic E-state index is 12.0. The molecule has 0 saturated heterocycles. The largest absolute Gasteiger partial charge is 0.462 e. The zero-order valence-corrected chi connectivity index (χ0v) is 13.4. The van der Waals surface area contributed by atoms with Crippen LogP contribution in [-0.4, -0.2) is 17.6 Å². The van der Waals surface area contributed by atoms with Crippen LogP contribution in [0.3, 0.4) is 0 Å². The zero-order chi connectivity index (χ0) is 15.4. The lowest BCUT2D eigenvalue weighted by Gasteiger charge is -2.09. The second-order valence-corrected chi connectivity index (χ2v) is 5.90. The van der Waals surface area contributed by atoms with Crippen molar-refractivity contribution in [1.82, 2.24) is 4.98 Å². The van der Waals surface area contributed by atoms with Gasteiger partial charge in [-0.2, -0.15) is 0 Å². The molecule has 0 atom stereocenters. The Morgan fingerprint density at radius 1 is 1.33 bits per heavy atom. The molecule has 0 aliphatic rings. The number of carbonyl (C=O) groups excluding carboxylic acids is 1. The predicted octanol–water partition coefficient (Wildman–Crippen LogP) is 4.30. The Balaban J connectivity index is 2.34. The van der Waals surface area contributed by atoms with Gasteiger partial charge in [-0.1, -0.05) is 35.0 Å². The fourth-order valence-corrected chi connectivity index (χ4v) is 2.81. The first-order valence-corrected chi connectivity index (χ1v) is 7.64. The predicted molar refractivity (Wildman–Crippen MR) is 85.2 cm³/mol. The average Bonchev–Trinajstić information content (AvgIpc) is 2.45. The highest BCUT2D eigenvalue weighted by Gasteiger charge is 2.16. The number of esters is 1. The molecular weight excluding hydrogens is 331 g/mol. The minimum Gasteiger partial charge on any atom is -0.462 e. The normalized spacial score (nSPS) is 10.4. The number of aromatic nitrogens is 1. The fraction of sp³-hybridized carbons (Fsp3) is 0.143. The first-order chi connectivity index (χ1) is 10.0. The van der Waals surface area contributed by atoms with Crippen LogP contribution in [0.2, 0.25) is 10.0 Å². The van der Waals surface area contributed by atoms with Crippen molar-refractivity contribution in [2.24, 2.45) is 0 Å². The number of nitrogens with zero attached hydrogens (tertiary/aromatic N) is 1. The molecule has 0 bridgehead atoms. The number of pyridine rings is 1. The number of anilines is 1. The molecule has 1 aromatic heterocycles. The Bertz CT molecular complexity index is 680. The lowest BCUT2D eigenvalue weighted by molar-refractivity contribution is 0.0521. The molecule has 110 valence electrons. The number of nitrogen functional groups attached to an aromatic ring is 1. The van der Waals surface area contributed by atoms with E-state index < -0.39 is 5.97 Å². The highest BCUT2D eigenvalue weighted by atomic mass is 35.5. The third-order valence-corrected chi connectivity index (χ3v) is 4.22. The molecule has 2 aromatic rings. The molecule has 0 saturated carbocycles. The SMILES string of the molecule is CCOC(=O)c1cc(N)cnc1Sc1ccc(Cl)c(Cl)c1. The van der Waals surface area contributed by atoms with E-state index in [0.29, 0.717) is 26.3 Å². The molecular formula is C14H12Cl2N2O2S. The highest BCUT2D eigenvalue weighted by Crippen LogP contribution is 2.33. The van der Waals surface area contributed by atoms with E-state index in [1.165, 1.54) is 18.0 Å². The summed E-state index contributed by atoms with van der Waals surface area (Å²) in [5.74, 6) is -0.458. The van der Waals surface area contributed by atoms with E-state index in [4.69, 9.17) is 33.7 Å². The molecule has 2 N–H and O–H groups in total. The molecule has 1 aromatic carbocycles. The van der Waals surface area contributed by atoms with Gasteiger partial charge in [0.1, 0.15) is 5.03 Å². The minimum absolute atomic E-state index is 0.282. The number of ether oxygens (including phenoxy) is 1. The number of benzene rings is 1. The Hall–Kier alpha value is -1.43. The van der Waals surface area contributed by atoms with Crippen molar-refractivity contribution in [1.29, 1.82) is 0 Å². The first-order valence-electron chi connectivity index (χ1n) is 6.06. The maximum absolute atomic E-state index is 12.0. The van der Waals surface area contributed by atoms with Crippen molar-refractivity contribution in [3.05, 3.63) is 46.1 Å². The molecule has 0 spiro atoms. The van der Waals surface area contributed by atoms with Crippen molar-refractivity contribution in [2.45, 2.75) is 16.8 Å². The van der Waals surface area contributed by atoms with Gasteiger partial charge in [-0.15, -0.1) is 0 Å². The monoisotopic (exact) mass is 342 g/mol. The number of rotatable bonds is 4. The van der Waals surface area contributed by atoms with E-state index in [1.807, 2.05) is 0 Å². The second-order valence-electron chi connectivity index (χ2n) is 4.02. The van der Waals surface area contributed by atoms with Gasteiger partial charge in [-0.25, -0.2) is 9.78 Å². The smallest absolute Gasteiger partial charge is 0.340 e. The van der Waals surface area contributed by atoms with Crippen LogP contribution in [0.25, 0.3) is 0 Å². The van der Waals surface area contributed by atoms with Gasteiger partial charge < -0.3 is 10.5 Å². The third-order valence-electron chi connectivity index (χ3n) is 2.47. The van der Waals surface area contributed by atoms with Crippen LogP contribution in [0, 0.1) is 0 Å². The Morgan fingerprint density at radius 3 is 2.76 bits per heavy atom. The van der Waals surface area contributed by atoms with E-state index in [-0.39, 0.29) is 6.61 Å². The molecule has 0 unspecified atom stereocenters. The van der Waals surface area contributed by atoms with E-state index in [0.717, 1.165) is 4.90 Å². The van der Waals surface area contributed by atoms with Crippen LogP contribution in [0.1, 0.15) is 17.3 Å². The van der Waals surface area contributed by atoms with Gasteiger partial charge in [0.2, 0.25) is 0 Å². The molecule has 0 fully saturated rings. The average molecular weight is 343 g/mol. The van der Waals surface area contributed by atoms with Crippen LogP contribution < -0.4 is 5.73 Å². The van der Waals surface area contributed by atoms with Gasteiger partial charge >= 0.3 is 5.97 Å². The van der Waals surface area contributed by atoms with Crippen LogP contribution in [-0.2, 0) is 4.74 Å². The summed E-state index contributed by atoms with van der Waals surface area (Å²) in [5.41, 5.74) is 6.41. The van der Waals surface area contributed by atoms with Crippen LogP contribution in [0.15, 0.2) is 40.4 Å². The minimum atomic E-state index is -0.458. The quantitative estimate of drug-likeness (QED) is 0.839. The summed E-state index contributed by atoms with van der Waals surface area (Å²) in [7, 11) is 0. The van der Waals surface area contributed by atoms with Crippen LogP contribution in [0.4, 0.5) is 5.69 Å². The molecule has 2 rings (SSSR count). The maximum Gasteiger partial charge on any atom is 0.340 e. The zero-order valence-electron chi connectivity index (χ0n) is 11.1. The van der Waals surface area contributed by atoms with Gasteiger partial charge in [0.25, 0.3) is 0 Å². The topological polar surface area (TPSA) is 65.2 Å². The number of halogens is 2. The summed E-state index contributed by atoms with van der Waals surface area (Å²) in [4.78, 5) is 17.0. The summed E-state index contributed by atoms with van der Waals surface area (Å²) in [6.07, 6.45) is 1.49. The van der Waals surface area contributed by atoms with Gasteiger partial charge in [0.05, 0.1) is 34.1 Å². The van der Waals surface area contributed by atoms with E-state index in [9.17, 15) is 4.79 Å². The molecule has 7 heteroatoms. The lowest BCUT2D eigenvalue weighted by Crippen LogP contribution is -2.08. The van der Waals surface area contributed by atoms with Crippen molar-refractivity contribution < 1.29 is 9.53 Å². The third kappa shape index (κ3) is 4.03. The molecule has 0 aliphatic heterocycles. The lowest BCUT2D eigenvalue weighted by atomic mass is 10.3. The Morgan fingerprint density at radius 2 is 2.10 bits per heavy atom. The summed E-state index contributed by atoms with van der Waals surface area (Å²) in [5, 5.41) is 1.41. The van der Waals surface area contributed by atoms with Crippen molar-refractivity contribution >= 4 is 46.6 Å². The summed E-state index contributed by atoms with van der Waals surface area (Å²) < 4.78 is 5.01. The van der Waals surface area contributed by atoms with Crippen LogP contribution >= 0.6 is 35.0 Å². The van der Waals surface area contributed by atoms with Crippen molar-refractivity contribution in [3.63, 3.8) is 0 Å². The standard InChI is InChI=1S/C14H12Cl2N2O2S/c1-2-20-14(19)10-5-8(17)7-18-13(10)21-9-3-4-11(15)12(16)6-9/h3-7H,2,17H2,1H3. The molecule has 4 nitrogen and oxygen atoms in total. The van der Waals surface area contributed by atoms with Crippen molar-refractivity contribution in [2.75, 3.05) is 12.3 Å². The number of hydrogen-bond donors (Lipinski definition) is 1. The molecule has 21 heavy (non-hydrogen) atoms. The van der Waals surface area contributed by atoms with Gasteiger partial charge in [-0.3, -0.25) is 0 Å². The molecule has 1 heterocycles. The van der Waals surface area contributed by atoms with Gasteiger partial charge in [-0.05, 0) is 31.2 Å². The second kappa shape index (κ2) is 7.02. The number of nitrogens with two attached hydrogens (primary N) is 1. The summed E-state index contributed by atoms with van der Waals surface area (Å²) >= 11 is 13.1. The van der Waals surface area contributed by atoms with E-state index in [1.54, 1.807) is 31.2 Å². The molecule has 0 radical (unpaired) electrons. The summed E-state index contributed by atoms with van der Waals surface area (Å²) in [6, 6.07) is 6.74. The number of carbonyl (C=O) groups is 1. The molecule has 0 amide bonds. The highest BCUT2D eigenvalue weighted by molar-refractivity contribution is 7.99. The fourth-order valence-electron chi connectivity index (χ4n) is 1.56. The first kappa shape index (κ1) is 15.9. The van der Waals surface area contributed by atoms with Crippen LogP contribution in [0.5, 0.6) is 0 Å². The molecule has 0 aliphatic carbocycles. The number of hydrogen-bond acceptors (Lipinski definition) is 5. The van der Waals surface area contributed by atoms with Crippen molar-refractivity contribution in [3.8, 4) is 0 Å².